The minimum absolute atomic E-state index is 1.31. The Bertz CT molecular complexity index is 1300. The zero-order valence-corrected chi connectivity index (χ0v) is 14.3. The van der Waals surface area contributed by atoms with E-state index in [2.05, 4.69) is 76.1 Å². The molecule has 4 heterocycles. The third-order valence-corrected chi connectivity index (χ3v) is 6.66. The number of fused-ring (bicyclic) bond motifs is 9. The zero-order chi connectivity index (χ0) is 15.7. The number of pyridine rings is 2. The molecule has 0 N–H and O–H groups in total. The van der Waals surface area contributed by atoms with Crippen LogP contribution in [0.3, 0.4) is 0 Å². The van der Waals surface area contributed by atoms with Crippen molar-refractivity contribution in [1.82, 2.24) is 0 Å². The molecule has 0 bridgehead atoms. The summed E-state index contributed by atoms with van der Waals surface area (Å²) in [7, 11) is 0. The molecule has 0 radical (unpaired) electrons. The van der Waals surface area contributed by atoms with Gasteiger partial charge in [-0.05, 0) is 45.8 Å². The lowest BCUT2D eigenvalue weighted by Crippen LogP contribution is -2.20. The molecular weight excluding hydrogens is 330 g/mol. The molecule has 6 rings (SSSR count). The van der Waals surface area contributed by atoms with Crippen LogP contribution in [0.4, 0.5) is 0 Å². The molecule has 24 heavy (non-hydrogen) atoms. The van der Waals surface area contributed by atoms with E-state index in [1.807, 2.05) is 22.7 Å². The van der Waals surface area contributed by atoms with Crippen molar-refractivity contribution in [3.63, 3.8) is 0 Å². The number of rotatable bonds is 0. The number of hydrogen-bond acceptors (Lipinski definition) is 2. The number of aromatic nitrogens is 1. The monoisotopic (exact) mass is 342 g/mol. The maximum absolute atomic E-state index is 2.28. The molecule has 0 atom stereocenters. The van der Waals surface area contributed by atoms with Crippen LogP contribution >= 0.6 is 22.7 Å². The topological polar surface area (TPSA) is 4.10 Å². The van der Waals surface area contributed by atoms with Crippen molar-refractivity contribution >= 4 is 69.9 Å². The first-order valence-electron chi connectivity index (χ1n) is 7.93. The first-order valence-corrected chi connectivity index (χ1v) is 9.69. The molecule has 0 aliphatic heterocycles. The first kappa shape index (κ1) is 12.9. The summed E-state index contributed by atoms with van der Waals surface area (Å²) < 4.78 is 4.98. The predicted octanol–water partition coefficient (Wildman–Crippen LogP) is 6.16. The van der Waals surface area contributed by atoms with E-state index >= 15 is 0 Å². The summed E-state index contributed by atoms with van der Waals surface area (Å²) in [4.78, 5) is 0. The molecule has 0 spiro atoms. The van der Waals surface area contributed by atoms with Crippen LogP contribution in [0, 0.1) is 0 Å². The van der Waals surface area contributed by atoms with Crippen molar-refractivity contribution in [2.24, 2.45) is 0 Å². The maximum atomic E-state index is 2.28. The summed E-state index contributed by atoms with van der Waals surface area (Å²) in [5.41, 5.74) is 1.32. The smallest absolute Gasteiger partial charge is 0.166 e. The third kappa shape index (κ3) is 1.56. The fraction of sp³-hybridized carbons (Fsp3) is 0. The minimum Gasteiger partial charge on any atom is -0.166 e. The molecule has 3 heteroatoms. The van der Waals surface area contributed by atoms with Gasteiger partial charge in [0.05, 0.1) is 10.8 Å². The van der Waals surface area contributed by atoms with Gasteiger partial charge in [-0.25, -0.2) is 0 Å². The highest BCUT2D eigenvalue weighted by molar-refractivity contribution is 7.17. The third-order valence-electron chi connectivity index (χ3n) is 4.90. The number of nitrogens with zero attached hydrogens (tertiary/aromatic N) is 1. The molecule has 0 saturated heterocycles. The summed E-state index contributed by atoms with van der Waals surface area (Å²) >= 11 is 3.63. The Balaban J connectivity index is 2.06. The van der Waals surface area contributed by atoms with Crippen LogP contribution in [-0.2, 0) is 0 Å². The first-order chi connectivity index (χ1) is 11.9. The lowest BCUT2D eigenvalue weighted by molar-refractivity contribution is -0.509. The van der Waals surface area contributed by atoms with Crippen molar-refractivity contribution in [3.8, 4) is 0 Å². The van der Waals surface area contributed by atoms with Crippen LogP contribution < -0.4 is 4.40 Å². The standard InChI is InChI=1S/C21H12NS2/c1-3-17-15(7-11-23-17)19-13(1)5-9-22-10-6-14-2-4-18-16(8-12-24-18)20(14)21(19)22/h1-12H/q+1. The van der Waals surface area contributed by atoms with Gasteiger partial charge in [-0.3, -0.25) is 0 Å². The van der Waals surface area contributed by atoms with E-state index in [4.69, 9.17) is 0 Å². The van der Waals surface area contributed by atoms with Crippen LogP contribution in [0.5, 0.6) is 0 Å². The summed E-state index contributed by atoms with van der Waals surface area (Å²) in [5, 5.41) is 12.4. The van der Waals surface area contributed by atoms with Crippen LogP contribution in [0.15, 0.2) is 71.7 Å². The second-order valence-electron chi connectivity index (χ2n) is 6.11. The predicted molar refractivity (Wildman–Crippen MR) is 105 cm³/mol. The van der Waals surface area contributed by atoms with Crippen molar-refractivity contribution in [2.45, 2.75) is 0 Å². The van der Waals surface area contributed by atoms with Gasteiger partial charge in [-0.2, -0.15) is 4.40 Å². The van der Waals surface area contributed by atoms with Gasteiger partial charge in [0.25, 0.3) is 0 Å². The van der Waals surface area contributed by atoms with Crippen molar-refractivity contribution in [2.75, 3.05) is 0 Å². The van der Waals surface area contributed by atoms with E-state index < -0.39 is 0 Å². The summed E-state index contributed by atoms with van der Waals surface area (Å²) in [6.45, 7) is 0. The fourth-order valence-electron chi connectivity index (χ4n) is 3.83. The van der Waals surface area contributed by atoms with Gasteiger partial charge >= 0.3 is 0 Å². The average molecular weight is 342 g/mol. The van der Waals surface area contributed by atoms with E-state index in [9.17, 15) is 0 Å². The highest BCUT2D eigenvalue weighted by Crippen LogP contribution is 2.36. The summed E-state index contributed by atoms with van der Waals surface area (Å²) in [6, 6.07) is 17.9. The average Bonchev–Trinajstić information content (AvgIpc) is 3.29. The molecule has 0 fully saturated rings. The van der Waals surface area contributed by atoms with E-state index in [0.717, 1.165) is 0 Å². The molecule has 0 aliphatic carbocycles. The molecule has 112 valence electrons. The van der Waals surface area contributed by atoms with E-state index in [1.54, 1.807) is 0 Å². The molecule has 0 aliphatic rings. The van der Waals surface area contributed by atoms with Gasteiger partial charge in [0.2, 0.25) is 5.52 Å². The summed E-state index contributed by atoms with van der Waals surface area (Å²) in [6.07, 6.45) is 4.36. The number of thiophene rings is 2. The van der Waals surface area contributed by atoms with Gasteiger partial charge in [0.1, 0.15) is 0 Å². The minimum atomic E-state index is 1.31. The van der Waals surface area contributed by atoms with E-state index in [1.165, 1.54) is 47.2 Å². The quantitative estimate of drug-likeness (QED) is 0.230. The van der Waals surface area contributed by atoms with Gasteiger partial charge in [-0.15, -0.1) is 22.7 Å². The van der Waals surface area contributed by atoms with E-state index in [-0.39, 0.29) is 0 Å². The Kier molecular flexibility index (Phi) is 2.43. The van der Waals surface area contributed by atoms with Crippen LogP contribution in [-0.4, -0.2) is 0 Å². The second kappa shape index (κ2) is 4.53. The van der Waals surface area contributed by atoms with Crippen molar-refractivity contribution in [3.05, 3.63) is 71.7 Å². The Morgan fingerprint density at radius 2 is 1.12 bits per heavy atom. The maximum Gasteiger partial charge on any atom is 0.227 e. The Labute approximate surface area is 146 Å². The molecule has 0 unspecified atom stereocenters. The molecule has 6 aromatic rings. The molecule has 0 amide bonds. The van der Waals surface area contributed by atoms with Crippen molar-refractivity contribution < 1.29 is 4.40 Å². The van der Waals surface area contributed by atoms with Gasteiger partial charge < -0.3 is 0 Å². The molecule has 4 aromatic heterocycles. The SMILES string of the molecule is c1cc2c(ccc3cc[n+]4ccc5ccc6sccc6c5c4c32)s1. The Morgan fingerprint density at radius 1 is 0.583 bits per heavy atom. The zero-order valence-electron chi connectivity index (χ0n) is 12.7. The molecule has 0 saturated carbocycles. The van der Waals surface area contributed by atoms with Crippen LogP contribution in [0.1, 0.15) is 0 Å². The van der Waals surface area contributed by atoms with Crippen LogP contribution in [0.2, 0.25) is 0 Å². The Morgan fingerprint density at radius 3 is 1.67 bits per heavy atom. The fourth-order valence-corrected chi connectivity index (χ4v) is 5.42. The molecular formula is C21H12NS2+. The normalized spacial score (nSPS) is 12.2. The largest absolute Gasteiger partial charge is 0.227 e. The highest BCUT2D eigenvalue weighted by Gasteiger charge is 2.17. The van der Waals surface area contributed by atoms with E-state index in [0.29, 0.717) is 0 Å². The highest BCUT2D eigenvalue weighted by atomic mass is 32.1. The number of benzene rings is 2. The van der Waals surface area contributed by atoms with Gasteiger partial charge in [-0.1, -0.05) is 12.1 Å². The number of hydrogen-bond donors (Lipinski definition) is 0. The lowest BCUT2D eigenvalue weighted by Gasteiger charge is -2.05. The second-order valence-corrected chi connectivity index (χ2v) is 8.01. The van der Waals surface area contributed by atoms with Gasteiger partial charge in [0, 0.05) is 32.3 Å². The van der Waals surface area contributed by atoms with Gasteiger partial charge in [0.15, 0.2) is 12.4 Å². The molecule has 1 nitrogen and oxygen atoms in total. The summed E-state index contributed by atoms with van der Waals surface area (Å²) in [5.74, 6) is 0. The molecule has 2 aromatic carbocycles. The Hall–Kier alpha value is -2.49. The van der Waals surface area contributed by atoms with Crippen molar-refractivity contribution in [1.29, 1.82) is 0 Å². The van der Waals surface area contributed by atoms with Crippen LogP contribution in [0.25, 0.3) is 47.2 Å². The lowest BCUT2D eigenvalue weighted by atomic mass is 10.0.